The van der Waals surface area contributed by atoms with E-state index in [9.17, 15) is 14.7 Å². The van der Waals surface area contributed by atoms with Gasteiger partial charge >= 0.3 is 11.9 Å². The van der Waals surface area contributed by atoms with Gasteiger partial charge in [0, 0.05) is 24.4 Å². The summed E-state index contributed by atoms with van der Waals surface area (Å²) < 4.78 is 5.28. The summed E-state index contributed by atoms with van der Waals surface area (Å²) in [5.74, 6) is -1.55. The van der Waals surface area contributed by atoms with E-state index < -0.39 is 11.9 Å². The summed E-state index contributed by atoms with van der Waals surface area (Å²) in [5, 5.41) is 9.88. The maximum atomic E-state index is 12.6. The second-order valence-electron chi connectivity index (χ2n) is 7.48. The first-order valence-electron chi connectivity index (χ1n) is 10.8. The maximum absolute atomic E-state index is 12.6. The highest BCUT2D eigenvalue weighted by atomic mass is 16.5. The standard InChI is InChI=1S/C24H37NO4/c1-5-9-11-14-25(15-12-10-6-2)22-18-20(24(28)29-16-8-4)19(13-7-3)17-21(22)23(26)27/h7-8,18-19H,3-6,9-17H2,1-2H3,(H,26,27). The lowest BCUT2D eigenvalue weighted by molar-refractivity contribution is -0.139. The van der Waals surface area contributed by atoms with E-state index in [1.807, 2.05) is 0 Å². The van der Waals surface area contributed by atoms with E-state index in [1.165, 1.54) is 6.08 Å². The van der Waals surface area contributed by atoms with Gasteiger partial charge in [0.25, 0.3) is 0 Å². The van der Waals surface area contributed by atoms with Crippen LogP contribution in [0, 0.1) is 5.92 Å². The van der Waals surface area contributed by atoms with E-state index in [0.717, 1.165) is 51.6 Å². The topological polar surface area (TPSA) is 66.8 Å². The first-order valence-corrected chi connectivity index (χ1v) is 10.8. The molecule has 0 aromatic heterocycles. The van der Waals surface area contributed by atoms with Crippen LogP contribution in [0.2, 0.25) is 0 Å². The Bertz CT molecular complexity index is 623. The molecule has 1 aliphatic carbocycles. The van der Waals surface area contributed by atoms with Gasteiger partial charge in [-0.05, 0) is 37.7 Å². The van der Waals surface area contributed by atoms with Gasteiger partial charge in [0.15, 0.2) is 0 Å². The van der Waals surface area contributed by atoms with Crippen molar-refractivity contribution < 1.29 is 19.4 Å². The molecule has 0 aromatic carbocycles. The molecule has 0 amide bonds. The molecule has 0 fully saturated rings. The number of unbranched alkanes of at least 4 members (excludes halogenated alkanes) is 4. The van der Waals surface area contributed by atoms with Crippen molar-refractivity contribution in [1.82, 2.24) is 4.90 Å². The van der Waals surface area contributed by atoms with Gasteiger partial charge in [0.1, 0.15) is 6.61 Å². The number of rotatable bonds is 15. The van der Waals surface area contributed by atoms with Crippen molar-refractivity contribution in [2.45, 2.75) is 65.2 Å². The number of carbonyl (C=O) groups excluding carboxylic acids is 1. The third-order valence-electron chi connectivity index (χ3n) is 5.17. The average Bonchev–Trinajstić information content (AvgIpc) is 2.71. The lowest BCUT2D eigenvalue weighted by atomic mass is 9.83. The first kappa shape index (κ1) is 24.7. The molecule has 0 bridgehead atoms. The Hall–Kier alpha value is -2.30. The summed E-state index contributed by atoms with van der Waals surface area (Å²) in [6.45, 7) is 13.4. The molecule has 1 rings (SSSR count). The van der Waals surface area contributed by atoms with Gasteiger partial charge in [-0.3, -0.25) is 0 Å². The van der Waals surface area contributed by atoms with Crippen LogP contribution in [0.15, 0.2) is 48.2 Å². The van der Waals surface area contributed by atoms with Crippen LogP contribution in [0.25, 0.3) is 0 Å². The number of hydrogen-bond acceptors (Lipinski definition) is 4. The second kappa shape index (κ2) is 13.8. The Kier molecular flexibility index (Phi) is 11.8. The molecule has 5 heteroatoms. The van der Waals surface area contributed by atoms with Crippen molar-refractivity contribution in [3.05, 3.63) is 48.2 Å². The van der Waals surface area contributed by atoms with Crippen molar-refractivity contribution >= 4 is 11.9 Å². The van der Waals surface area contributed by atoms with Gasteiger partial charge < -0.3 is 14.7 Å². The number of carboxylic acid groups (broad SMARTS) is 1. The zero-order valence-corrected chi connectivity index (χ0v) is 18.1. The van der Waals surface area contributed by atoms with E-state index in [2.05, 4.69) is 31.9 Å². The number of carboxylic acids is 1. The number of esters is 1. The Morgan fingerprint density at radius 3 is 2.24 bits per heavy atom. The van der Waals surface area contributed by atoms with Crippen LogP contribution >= 0.6 is 0 Å². The molecule has 0 saturated carbocycles. The summed E-state index contributed by atoms with van der Waals surface area (Å²) in [7, 11) is 0. The largest absolute Gasteiger partial charge is 0.478 e. The molecule has 162 valence electrons. The predicted molar refractivity (Wildman–Crippen MR) is 117 cm³/mol. The predicted octanol–water partition coefficient (Wildman–Crippen LogP) is 5.26. The lowest BCUT2D eigenvalue weighted by Gasteiger charge is -2.32. The molecule has 0 radical (unpaired) electrons. The number of aliphatic carboxylic acids is 1. The molecule has 1 N–H and O–H groups in total. The average molecular weight is 404 g/mol. The molecule has 0 saturated heterocycles. The number of carbonyl (C=O) groups is 2. The fraction of sp³-hybridized carbons (Fsp3) is 0.583. The van der Waals surface area contributed by atoms with Crippen molar-refractivity contribution in [3.8, 4) is 0 Å². The van der Waals surface area contributed by atoms with Crippen LogP contribution in [0.5, 0.6) is 0 Å². The Balaban J connectivity index is 3.29. The Morgan fingerprint density at radius 2 is 1.76 bits per heavy atom. The van der Waals surface area contributed by atoms with Crippen LogP contribution in [-0.4, -0.2) is 41.6 Å². The highest BCUT2D eigenvalue weighted by molar-refractivity contribution is 5.94. The summed E-state index contributed by atoms with van der Waals surface area (Å²) in [6, 6.07) is 0. The number of nitrogens with zero attached hydrogens (tertiary/aromatic N) is 1. The minimum absolute atomic E-state index is 0.137. The van der Waals surface area contributed by atoms with Crippen molar-refractivity contribution in [2.24, 2.45) is 5.92 Å². The molecule has 29 heavy (non-hydrogen) atoms. The monoisotopic (exact) mass is 403 g/mol. The summed E-state index contributed by atoms with van der Waals surface area (Å²) in [6.07, 6.45) is 12.2. The van der Waals surface area contributed by atoms with E-state index in [-0.39, 0.29) is 12.5 Å². The zero-order chi connectivity index (χ0) is 21.6. The van der Waals surface area contributed by atoms with Gasteiger partial charge in [-0.15, -0.1) is 6.58 Å². The van der Waals surface area contributed by atoms with E-state index in [0.29, 0.717) is 29.7 Å². The third-order valence-corrected chi connectivity index (χ3v) is 5.17. The zero-order valence-electron chi connectivity index (χ0n) is 18.1. The van der Waals surface area contributed by atoms with Gasteiger partial charge in [0.05, 0.1) is 5.57 Å². The smallest absolute Gasteiger partial charge is 0.334 e. The Labute approximate surface area is 175 Å². The van der Waals surface area contributed by atoms with Crippen molar-refractivity contribution in [1.29, 1.82) is 0 Å². The quantitative estimate of drug-likeness (QED) is 0.229. The molecule has 0 aromatic rings. The molecular formula is C24H37NO4. The highest BCUT2D eigenvalue weighted by Gasteiger charge is 2.32. The van der Waals surface area contributed by atoms with Crippen molar-refractivity contribution in [3.63, 3.8) is 0 Å². The van der Waals surface area contributed by atoms with E-state index >= 15 is 0 Å². The molecule has 0 heterocycles. The molecular weight excluding hydrogens is 366 g/mol. The van der Waals surface area contributed by atoms with E-state index in [4.69, 9.17) is 4.74 Å². The number of hydrogen-bond donors (Lipinski definition) is 1. The normalized spacial score (nSPS) is 16.2. The number of allylic oxidation sites excluding steroid dienone is 2. The van der Waals surface area contributed by atoms with Crippen molar-refractivity contribution in [2.75, 3.05) is 19.7 Å². The molecule has 1 atom stereocenters. The fourth-order valence-corrected chi connectivity index (χ4v) is 3.61. The fourth-order valence-electron chi connectivity index (χ4n) is 3.61. The van der Waals surface area contributed by atoms with Crippen LogP contribution in [0.3, 0.4) is 0 Å². The minimum atomic E-state index is -0.917. The minimum Gasteiger partial charge on any atom is -0.478 e. The van der Waals surface area contributed by atoms with Gasteiger partial charge in [-0.25, -0.2) is 9.59 Å². The molecule has 1 aliphatic rings. The molecule has 0 spiro atoms. The van der Waals surface area contributed by atoms with Crippen LogP contribution in [0.1, 0.15) is 65.2 Å². The molecule has 0 aliphatic heterocycles. The summed E-state index contributed by atoms with van der Waals surface area (Å²) >= 11 is 0. The van der Waals surface area contributed by atoms with Gasteiger partial charge in [-0.2, -0.15) is 0 Å². The van der Waals surface area contributed by atoms with Crippen LogP contribution < -0.4 is 0 Å². The third kappa shape index (κ3) is 7.92. The van der Waals surface area contributed by atoms with Crippen LogP contribution in [-0.2, 0) is 14.3 Å². The SMILES string of the molecule is C=CCOC(=O)C1=CC(N(CCCCC)CCCCC)=C(C(=O)O)CC1CC=C. The summed E-state index contributed by atoms with van der Waals surface area (Å²) in [5.41, 5.74) is 1.57. The number of ether oxygens (including phenoxy) is 1. The van der Waals surface area contributed by atoms with Gasteiger partial charge in [0.2, 0.25) is 0 Å². The highest BCUT2D eigenvalue weighted by Crippen LogP contribution is 2.34. The Morgan fingerprint density at radius 1 is 1.14 bits per heavy atom. The lowest BCUT2D eigenvalue weighted by Crippen LogP contribution is -2.32. The molecule has 5 nitrogen and oxygen atoms in total. The summed E-state index contributed by atoms with van der Waals surface area (Å²) in [4.78, 5) is 26.9. The van der Waals surface area contributed by atoms with Gasteiger partial charge in [-0.1, -0.05) is 58.3 Å². The van der Waals surface area contributed by atoms with Crippen LogP contribution in [0.4, 0.5) is 0 Å². The second-order valence-corrected chi connectivity index (χ2v) is 7.48. The first-order chi connectivity index (χ1) is 14.0. The maximum Gasteiger partial charge on any atom is 0.334 e. The molecule has 1 unspecified atom stereocenters. The van der Waals surface area contributed by atoms with E-state index in [1.54, 1.807) is 12.2 Å².